The molecule has 1 unspecified atom stereocenters. The van der Waals surface area contributed by atoms with Gasteiger partial charge in [-0.25, -0.2) is 4.79 Å². The number of rotatable bonds is 3. The number of fused-ring (bicyclic) bond motifs is 1. The lowest BCUT2D eigenvalue weighted by molar-refractivity contribution is 0.0693. The average molecular weight is 291 g/mol. The van der Waals surface area contributed by atoms with Crippen LogP contribution >= 0.6 is 0 Å². The summed E-state index contributed by atoms with van der Waals surface area (Å²) in [5, 5.41) is 9.37. The minimum Gasteiger partial charge on any atom is -0.496 e. The molecule has 0 fully saturated rings. The zero-order chi connectivity index (χ0) is 15.9. The van der Waals surface area contributed by atoms with E-state index in [0.717, 1.165) is 17.7 Å². The Bertz CT molecular complexity index is 563. The van der Waals surface area contributed by atoms with Crippen molar-refractivity contribution in [2.75, 3.05) is 12.0 Å². The second kappa shape index (κ2) is 5.24. The van der Waals surface area contributed by atoms with E-state index in [1.165, 1.54) is 7.11 Å². The van der Waals surface area contributed by atoms with Crippen molar-refractivity contribution in [3.8, 4) is 5.75 Å². The van der Waals surface area contributed by atoms with Gasteiger partial charge in [0.25, 0.3) is 0 Å². The van der Waals surface area contributed by atoms with Gasteiger partial charge in [-0.1, -0.05) is 6.92 Å². The molecule has 1 aliphatic rings. The number of hydrogen-bond acceptors (Lipinski definition) is 3. The highest BCUT2D eigenvalue weighted by Gasteiger charge is 2.38. The molecule has 116 valence electrons. The molecule has 4 nitrogen and oxygen atoms in total. The van der Waals surface area contributed by atoms with Gasteiger partial charge in [0.2, 0.25) is 0 Å². The summed E-state index contributed by atoms with van der Waals surface area (Å²) in [6, 6.07) is 4.01. The van der Waals surface area contributed by atoms with Gasteiger partial charge in [-0.3, -0.25) is 0 Å². The van der Waals surface area contributed by atoms with E-state index in [1.807, 2.05) is 6.07 Å². The standard InChI is InChI=1S/C17H25NO3/c1-10(2)18-14-8-15(21-6)13(16(19)20)7-12(14)11(3)9-17(18,4)5/h7-8,10-11H,9H2,1-6H3,(H,19,20). The minimum atomic E-state index is -0.942. The third kappa shape index (κ3) is 2.59. The van der Waals surface area contributed by atoms with Crippen molar-refractivity contribution in [1.29, 1.82) is 0 Å². The van der Waals surface area contributed by atoms with Crippen LogP contribution in [0.3, 0.4) is 0 Å². The SMILES string of the molecule is COc1cc2c(cc1C(=O)O)C(C)CC(C)(C)N2C(C)C. The minimum absolute atomic E-state index is 0.0380. The molecule has 1 aliphatic heterocycles. The van der Waals surface area contributed by atoms with Crippen molar-refractivity contribution in [3.63, 3.8) is 0 Å². The molecule has 1 atom stereocenters. The highest BCUT2D eigenvalue weighted by Crippen LogP contribution is 2.46. The van der Waals surface area contributed by atoms with E-state index in [2.05, 4.69) is 39.5 Å². The maximum atomic E-state index is 11.4. The number of ether oxygens (including phenoxy) is 1. The number of nitrogens with zero attached hydrogens (tertiary/aromatic N) is 1. The van der Waals surface area contributed by atoms with Gasteiger partial charge in [0.15, 0.2) is 0 Å². The maximum Gasteiger partial charge on any atom is 0.339 e. The van der Waals surface area contributed by atoms with E-state index in [0.29, 0.717) is 17.7 Å². The molecule has 0 aliphatic carbocycles. The Hall–Kier alpha value is -1.71. The van der Waals surface area contributed by atoms with Crippen molar-refractivity contribution in [3.05, 3.63) is 23.3 Å². The second-order valence-electron chi connectivity index (χ2n) is 6.80. The Morgan fingerprint density at radius 1 is 1.43 bits per heavy atom. The molecule has 0 saturated heterocycles. The lowest BCUT2D eigenvalue weighted by atomic mass is 9.78. The van der Waals surface area contributed by atoms with Crippen LogP contribution in [0.5, 0.6) is 5.75 Å². The summed E-state index contributed by atoms with van der Waals surface area (Å²) in [6.07, 6.45) is 1.00. The number of benzene rings is 1. The summed E-state index contributed by atoms with van der Waals surface area (Å²) in [4.78, 5) is 13.8. The zero-order valence-electron chi connectivity index (χ0n) is 13.7. The topological polar surface area (TPSA) is 49.8 Å². The van der Waals surface area contributed by atoms with Gasteiger partial charge in [-0.05, 0) is 51.7 Å². The molecule has 4 heteroatoms. The summed E-state index contributed by atoms with van der Waals surface area (Å²) in [6.45, 7) is 11.0. The third-order valence-electron chi connectivity index (χ3n) is 4.34. The normalized spacial score (nSPS) is 20.3. The summed E-state index contributed by atoms with van der Waals surface area (Å²) in [5.41, 5.74) is 2.47. The van der Waals surface area contributed by atoms with Crippen molar-refractivity contribution in [2.45, 2.75) is 58.5 Å². The zero-order valence-corrected chi connectivity index (χ0v) is 13.7. The molecule has 2 rings (SSSR count). The van der Waals surface area contributed by atoms with Gasteiger partial charge in [0.05, 0.1) is 7.11 Å². The predicted molar refractivity (Wildman–Crippen MR) is 84.7 cm³/mol. The average Bonchev–Trinajstić information content (AvgIpc) is 2.35. The van der Waals surface area contributed by atoms with Crippen LogP contribution in [0.25, 0.3) is 0 Å². The lowest BCUT2D eigenvalue weighted by Gasteiger charge is -2.50. The Morgan fingerprint density at radius 3 is 2.52 bits per heavy atom. The Balaban J connectivity index is 2.69. The smallest absolute Gasteiger partial charge is 0.339 e. The van der Waals surface area contributed by atoms with E-state index in [1.54, 1.807) is 6.07 Å². The lowest BCUT2D eigenvalue weighted by Crippen LogP contribution is -2.51. The summed E-state index contributed by atoms with van der Waals surface area (Å²) in [5.74, 6) is -0.186. The van der Waals surface area contributed by atoms with Crippen molar-refractivity contribution < 1.29 is 14.6 Å². The highest BCUT2D eigenvalue weighted by atomic mass is 16.5. The van der Waals surface area contributed by atoms with E-state index < -0.39 is 5.97 Å². The van der Waals surface area contributed by atoms with Crippen molar-refractivity contribution in [2.24, 2.45) is 0 Å². The summed E-state index contributed by atoms with van der Waals surface area (Å²) >= 11 is 0. The molecule has 0 amide bonds. The van der Waals surface area contributed by atoms with E-state index >= 15 is 0 Å². The van der Waals surface area contributed by atoms with Crippen LogP contribution < -0.4 is 9.64 Å². The summed E-state index contributed by atoms with van der Waals surface area (Å²) in [7, 11) is 1.52. The van der Waals surface area contributed by atoms with Crippen LogP contribution in [0.1, 0.15) is 62.9 Å². The number of carboxylic acids is 1. The fourth-order valence-electron chi connectivity index (χ4n) is 3.79. The van der Waals surface area contributed by atoms with E-state index in [-0.39, 0.29) is 11.1 Å². The van der Waals surface area contributed by atoms with Crippen LogP contribution in [0, 0.1) is 0 Å². The van der Waals surface area contributed by atoms with Crippen LogP contribution in [0.2, 0.25) is 0 Å². The monoisotopic (exact) mass is 291 g/mol. The Kier molecular flexibility index (Phi) is 3.91. The second-order valence-corrected chi connectivity index (χ2v) is 6.80. The van der Waals surface area contributed by atoms with Crippen LogP contribution in [-0.4, -0.2) is 29.8 Å². The number of carboxylic acid groups (broad SMARTS) is 1. The van der Waals surface area contributed by atoms with Crippen LogP contribution in [0.15, 0.2) is 12.1 Å². The molecule has 0 bridgehead atoms. The van der Waals surface area contributed by atoms with Crippen molar-refractivity contribution in [1.82, 2.24) is 0 Å². The Labute approximate surface area is 126 Å². The molecule has 1 aromatic rings. The van der Waals surface area contributed by atoms with E-state index in [4.69, 9.17) is 4.74 Å². The number of carbonyl (C=O) groups is 1. The molecule has 21 heavy (non-hydrogen) atoms. The third-order valence-corrected chi connectivity index (χ3v) is 4.34. The molecule has 0 radical (unpaired) electrons. The number of anilines is 1. The van der Waals surface area contributed by atoms with Gasteiger partial charge in [-0.2, -0.15) is 0 Å². The van der Waals surface area contributed by atoms with Crippen LogP contribution in [-0.2, 0) is 0 Å². The quantitative estimate of drug-likeness (QED) is 0.917. The number of methoxy groups -OCH3 is 1. The largest absolute Gasteiger partial charge is 0.496 e. The van der Waals surface area contributed by atoms with Gasteiger partial charge in [0, 0.05) is 23.3 Å². The highest BCUT2D eigenvalue weighted by molar-refractivity contribution is 5.92. The van der Waals surface area contributed by atoms with Gasteiger partial charge < -0.3 is 14.7 Å². The van der Waals surface area contributed by atoms with Crippen LogP contribution in [0.4, 0.5) is 5.69 Å². The van der Waals surface area contributed by atoms with Gasteiger partial charge in [-0.15, -0.1) is 0 Å². The Morgan fingerprint density at radius 2 is 2.05 bits per heavy atom. The van der Waals surface area contributed by atoms with Gasteiger partial charge >= 0.3 is 5.97 Å². The number of hydrogen-bond donors (Lipinski definition) is 1. The first-order valence-electron chi connectivity index (χ1n) is 7.43. The molecule has 0 aromatic heterocycles. The molecule has 0 spiro atoms. The fourth-order valence-corrected chi connectivity index (χ4v) is 3.79. The molecule has 1 N–H and O–H groups in total. The molecular weight excluding hydrogens is 266 g/mol. The number of aromatic carboxylic acids is 1. The summed E-state index contributed by atoms with van der Waals surface area (Å²) < 4.78 is 5.30. The van der Waals surface area contributed by atoms with Crippen molar-refractivity contribution >= 4 is 11.7 Å². The fraction of sp³-hybridized carbons (Fsp3) is 0.588. The molecule has 0 saturated carbocycles. The van der Waals surface area contributed by atoms with Gasteiger partial charge in [0.1, 0.15) is 11.3 Å². The maximum absolute atomic E-state index is 11.4. The first-order valence-corrected chi connectivity index (χ1v) is 7.43. The molecule has 1 aromatic carbocycles. The molecule has 1 heterocycles. The van der Waals surface area contributed by atoms with E-state index in [9.17, 15) is 9.90 Å². The first kappa shape index (κ1) is 15.7. The predicted octanol–water partition coefficient (Wildman–Crippen LogP) is 3.89. The first-order chi connectivity index (χ1) is 9.69. The molecular formula is C17H25NO3.